The molecule has 0 saturated carbocycles. The first kappa shape index (κ1) is 14.5. The van der Waals surface area contributed by atoms with Gasteiger partial charge in [-0.3, -0.25) is 0 Å². The number of phenols is 1. The van der Waals surface area contributed by atoms with Crippen LogP contribution in [-0.2, 0) is 4.74 Å². The van der Waals surface area contributed by atoms with E-state index in [4.69, 9.17) is 9.84 Å². The Balaban J connectivity index is 0. The maximum Gasteiger partial charge on any atom is 1.00 e. The standard InChI is InChI=1S/C11H14O3.Na.H/c1-8(2)7-14-11(13)9-3-5-10(12)6-4-9;;/h3-6,8,12H,7H2,1-2H3;;/q;+1;-1. The second kappa shape index (κ2) is 6.88. The van der Waals surface area contributed by atoms with E-state index in [1.807, 2.05) is 13.8 Å². The number of hydrogen-bond acceptors (Lipinski definition) is 3. The van der Waals surface area contributed by atoms with Crippen LogP contribution in [0, 0.1) is 5.92 Å². The summed E-state index contributed by atoms with van der Waals surface area (Å²) in [6, 6.07) is 6.01. The minimum Gasteiger partial charge on any atom is -1.00 e. The maximum absolute atomic E-state index is 11.4. The normalized spacial score (nSPS) is 9.53. The van der Waals surface area contributed by atoms with Gasteiger partial charge in [0.25, 0.3) is 0 Å². The van der Waals surface area contributed by atoms with Gasteiger partial charge in [0.2, 0.25) is 0 Å². The quantitative estimate of drug-likeness (QED) is 0.540. The number of carbonyl (C=O) groups excluding carboxylic acids is 1. The van der Waals surface area contributed by atoms with E-state index in [2.05, 4.69) is 0 Å². The Morgan fingerprint density at radius 2 is 1.93 bits per heavy atom. The van der Waals surface area contributed by atoms with Crippen molar-refractivity contribution in [3.05, 3.63) is 29.8 Å². The maximum atomic E-state index is 11.4. The van der Waals surface area contributed by atoms with E-state index in [9.17, 15) is 4.79 Å². The summed E-state index contributed by atoms with van der Waals surface area (Å²) >= 11 is 0. The van der Waals surface area contributed by atoms with Gasteiger partial charge in [0.05, 0.1) is 12.2 Å². The molecule has 1 aromatic carbocycles. The molecule has 3 nitrogen and oxygen atoms in total. The molecule has 1 N–H and O–H groups in total. The summed E-state index contributed by atoms with van der Waals surface area (Å²) in [7, 11) is 0. The van der Waals surface area contributed by atoms with E-state index in [1.54, 1.807) is 0 Å². The van der Waals surface area contributed by atoms with Crippen LogP contribution >= 0.6 is 0 Å². The van der Waals surface area contributed by atoms with E-state index >= 15 is 0 Å². The number of esters is 1. The van der Waals surface area contributed by atoms with Gasteiger partial charge >= 0.3 is 35.5 Å². The van der Waals surface area contributed by atoms with Gasteiger partial charge in [-0.25, -0.2) is 4.79 Å². The molecule has 0 heterocycles. The van der Waals surface area contributed by atoms with Crippen LogP contribution in [0.5, 0.6) is 5.75 Å². The van der Waals surface area contributed by atoms with E-state index in [0.717, 1.165) is 0 Å². The fourth-order valence-electron chi connectivity index (χ4n) is 0.923. The largest absolute Gasteiger partial charge is 1.00 e. The average Bonchev–Trinajstić information content (AvgIpc) is 2.15. The molecular formula is C11H15NaO3. The summed E-state index contributed by atoms with van der Waals surface area (Å²) in [5.41, 5.74) is 0.462. The molecule has 0 bridgehead atoms. The van der Waals surface area contributed by atoms with E-state index in [0.29, 0.717) is 18.1 Å². The molecule has 0 aliphatic rings. The Morgan fingerprint density at radius 3 is 2.40 bits per heavy atom. The summed E-state index contributed by atoms with van der Waals surface area (Å²) in [5.74, 6) is 0.125. The second-order valence-corrected chi connectivity index (χ2v) is 3.54. The third kappa shape index (κ3) is 5.21. The van der Waals surface area contributed by atoms with Crippen molar-refractivity contribution in [1.82, 2.24) is 0 Å². The third-order valence-electron chi connectivity index (χ3n) is 1.65. The molecule has 0 aromatic heterocycles. The third-order valence-corrected chi connectivity index (χ3v) is 1.65. The monoisotopic (exact) mass is 218 g/mol. The summed E-state index contributed by atoms with van der Waals surface area (Å²) < 4.78 is 5.01. The van der Waals surface area contributed by atoms with Crippen molar-refractivity contribution >= 4 is 5.97 Å². The Bertz CT molecular complexity index is 312. The van der Waals surface area contributed by atoms with Gasteiger partial charge in [-0.05, 0) is 30.2 Å². The van der Waals surface area contributed by atoms with Crippen LogP contribution in [0.1, 0.15) is 25.6 Å². The van der Waals surface area contributed by atoms with Gasteiger partial charge in [-0.1, -0.05) is 13.8 Å². The van der Waals surface area contributed by atoms with Crippen LogP contribution in [0.25, 0.3) is 0 Å². The van der Waals surface area contributed by atoms with Crippen LogP contribution in [0.4, 0.5) is 0 Å². The van der Waals surface area contributed by atoms with E-state index in [1.165, 1.54) is 24.3 Å². The minimum absolute atomic E-state index is 0. The van der Waals surface area contributed by atoms with Gasteiger partial charge in [0.15, 0.2) is 0 Å². The number of aromatic hydroxyl groups is 1. The van der Waals surface area contributed by atoms with Crippen molar-refractivity contribution in [3.8, 4) is 5.75 Å². The number of phenolic OH excluding ortho intramolecular Hbond substituents is 1. The molecule has 4 heteroatoms. The Hall–Kier alpha value is -0.510. The molecule has 0 atom stereocenters. The van der Waals surface area contributed by atoms with Crippen molar-refractivity contribution in [3.63, 3.8) is 0 Å². The van der Waals surface area contributed by atoms with Gasteiger partial charge in [-0.2, -0.15) is 0 Å². The molecule has 0 radical (unpaired) electrons. The molecule has 78 valence electrons. The van der Waals surface area contributed by atoms with Crippen molar-refractivity contribution in [2.45, 2.75) is 13.8 Å². The first-order valence-electron chi connectivity index (χ1n) is 4.55. The molecule has 1 rings (SSSR count). The first-order chi connectivity index (χ1) is 6.59. The molecule has 0 fully saturated rings. The van der Waals surface area contributed by atoms with Gasteiger partial charge < -0.3 is 11.3 Å². The van der Waals surface area contributed by atoms with Crippen molar-refractivity contribution < 1.29 is 45.6 Å². The molecule has 0 aliphatic heterocycles. The Morgan fingerprint density at radius 1 is 1.40 bits per heavy atom. The fourth-order valence-corrected chi connectivity index (χ4v) is 0.923. The number of benzene rings is 1. The molecule has 0 aliphatic carbocycles. The Labute approximate surface area is 113 Å². The summed E-state index contributed by atoms with van der Waals surface area (Å²) in [6.07, 6.45) is 0. The molecular weight excluding hydrogens is 203 g/mol. The topological polar surface area (TPSA) is 46.5 Å². The average molecular weight is 218 g/mol. The van der Waals surface area contributed by atoms with Gasteiger partial charge in [0, 0.05) is 0 Å². The van der Waals surface area contributed by atoms with Crippen LogP contribution in [0.2, 0.25) is 0 Å². The van der Waals surface area contributed by atoms with Crippen molar-refractivity contribution in [1.29, 1.82) is 0 Å². The predicted octanol–water partition coefficient (Wildman–Crippen LogP) is -0.678. The minimum atomic E-state index is -0.348. The summed E-state index contributed by atoms with van der Waals surface area (Å²) in [5, 5.41) is 9.00. The smallest absolute Gasteiger partial charge is 1.00 e. The fraction of sp³-hybridized carbons (Fsp3) is 0.364. The summed E-state index contributed by atoms with van der Waals surface area (Å²) in [6.45, 7) is 4.37. The van der Waals surface area contributed by atoms with Gasteiger partial charge in [0.1, 0.15) is 5.75 Å². The molecule has 1 aromatic rings. The van der Waals surface area contributed by atoms with Gasteiger partial charge in [-0.15, -0.1) is 0 Å². The second-order valence-electron chi connectivity index (χ2n) is 3.54. The molecule has 0 spiro atoms. The molecule has 0 saturated heterocycles. The number of hydrogen-bond donors (Lipinski definition) is 1. The molecule has 0 amide bonds. The predicted molar refractivity (Wildman–Crippen MR) is 54.3 cm³/mol. The van der Waals surface area contributed by atoms with Crippen molar-refractivity contribution in [2.24, 2.45) is 5.92 Å². The Kier molecular flexibility index (Phi) is 6.65. The molecule has 15 heavy (non-hydrogen) atoms. The van der Waals surface area contributed by atoms with Crippen molar-refractivity contribution in [2.75, 3.05) is 6.61 Å². The zero-order chi connectivity index (χ0) is 10.6. The first-order valence-corrected chi connectivity index (χ1v) is 4.55. The van der Waals surface area contributed by atoms with Crippen LogP contribution in [0.15, 0.2) is 24.3 Å². The van der Waals surface area contributed by atoms with E-state index < -0.39 is 0 Å². The number of carbonyl (C=O) groups is 1. The number of rotatable bonds is 3. The zero-order valence-corrected chi connectivity index (χ0v) is 11.4. The SMILES string of the molecule is CC(C)COC(=O)c1ccc(O)cc1.[H-].[Na+]. The zero-order valence-electron chi connectivity index (χ0n) is 10.4. The van der Waals surface area contributed by atoms with Crippen LogP contribution in [-0.4, -0.2) is 17.7 Å². The van der Waals surface area contributed by atoms with Crippen LogP contribution in [0.3, 0.4) is 0 Å². The van der Waals surface area contributed by atoms with Crippen LogP contribution < -0.4 is 29.6 Å². The number of ether oxygens (including phenoxy) is 1. The van der Waals surface area contributed by atoms with E-state index in [-0.39, 0.29) is 42.7 Å². The molecule has 0 unspecified atom stereocenters. The summed E-state index contributed by atoms with van der Waals surface area (Å²) in [4.78, 5) is 11.4.